The van der Waals surface area contributed by atoms with Crippen molar-refractivity contribution in [3.63, 3.8) is 0 Å². The molecule has 0 aromatic heterocycles. The van der Waals surface area contributed by atoms with Crippen LogP contribution in [0.15, 0.2) is 64.5 Å². The van der Waals surface area contributed by atoms with Crippen LogP contribution in [0.4, 0.5) is 5.69 Å². The fourth-order valence-corrected chi connectivity index (χ4v) is 4.51. The molecular formula is C27H25ClN2O5S. The van der Waals surface area contributed by atoms with Crippen LogP contribution in [0.1, 0.15) is 16.7 Å². The number of carbonyl (C=O) groups excluding carboxylic acids is 1. The number of amidine groups is 1. The molecule has 4 rings (SSSR count). The Morgan fingerprint density at radius 3 is 2.50 bits per heavy atom. The van der Waals surface area contributed by atoms with Crippen LogP contribution in [0, 0.1) is 6.92 Å². The van der Waals surface area contributed by atoms with Gasteiger partial charge in [-0.25, -0.2) is 4.99 Å². The molecule has 3 aromatic carbocycles. The van der Waals surface area contributed by atoms with E-state index in [1.807, 2.05) is 49.4 Å². The average molecular weight is 525 g/mol. The molecule has 186 valence electrons. The van der Waals surface area contributed by atoms with Crippen LogP contribution in [0.25, 0.3) is 6.08 Å². The van der Waals surface area contributed by atoms with Gasteiger partial charge in [0.25, 0.3) is 5.91 Å². The molecule has 1 saturated heterocycles. The lowest BCUT2D eigenvalue weighted by Gasteiger charge is -2.14. The summed E-state index contributed by atoms with van der Waals surface area (Å²) < 4.78 is 22.3. The van der Waals surface area contributed by atoms with E-state index in [9.17, 15) is 4.79 Å². The van der Waals surface area contributed by atoms with Crippen LogP contribution in [0.5, 0.6) is 23.0 Å². The van der Waals surface area contributed by atoms with Gasteiger partial charge in [0.1, 0.15) is 18.1 Å². The van der Waals surface area contributed by atoms with Crippen LogP contribution < -0.4 is 24.3 Å². The molecule has 1 N–H and O–H groups in total. The van der Waals surface area contributed by atoms with E-state index in [2.05, 4.69) is 10.3 Å². The van der Waals surface area contributed by atoms with Gasteiger partial charge in [-0.1, -0.05) is 23.7 Å². The summed E-state index contributed by atoms with van der Waals surface area (Å²) in [6.07, 6.45) is 1.78. The summed E-state index contributed by atoms with van der Waals surface area (Å²) >= 11 is 7.45. The fourth-order valence-electron chi connectivity index (χ4n) is 3.50. The van der Waals surface area contributed by atoms with Crippen LogP contribution in [0.3, 0.4) is 0 Å². The normalized spacial score (nSPS) is 15.2. The number of hydrogen-bond acceptors (Lipinski definition) is 7. The van der Waals surface area contributed by atoms with E-state index in [-0.39, 0.29) is 12.5 Å². The summed E-state index contributed by atoms with van der Waals surface area (Å²) in [5.41, 5.74) is 3.19. The minimum absolute atomic E-state index is 0.220. The molecule has 1 aliphatic heterocycles. The highest BCUT2D eigenvalue weighted by Crippen LogP contribution is 2.34. The lowest BCUT2D eigenvalue weighted by molar-refractivity contribution is -0.115. The van der Waals surface area contributed by atoms with Crippen molar-refractivity contribution in [1.29, 1.82) is 0 Å². The van der Waals surface area contributed by atoms with Crippen molar-refractivity contribution in [2.24, 2.45) is 4.99 Å². The zero-order valence-corrected chi connectivity index (χ0v) is 21.8. The second kappa shape index (κ2) is 11.4. The van der Waals surface area contributed by atoms with Crippen molar-refractivity contribution in [2.75, 3.05) is 21.3 Å². The van der Waals surface area contributed by atoms with Gasteiger partial charge in [-0.15, -0.1) is 0 Å². The lowest BCUT2D eigenvalue weighted by atomic mass is 10.1. The molecule has 0 saturated carbocycles. The topological polar surface area (TPSA) is 78.4 Å². The Morgan fingerprint density at radius 1 is 0.972 bits per heavy atom. The molecule has 1 heterocycles. The first kappa shape index (κ1) is 25.5. The fraction of sp³-hybridized carbons (Fsp3) is 0.185. The van der Waals surface area contributed by atoms with E-state index in [0.717, 1.165) is 16.7 Å². The molecular weight excluding hydrogens is 500 g/mol. The largest absolute Gasteiger partial charge is 0.497 e. The zero-order chi connectivity index (χ0) is 25.7. The summed E-state index contributed by atoms with van der Waals surface area (Å²) in [6.45, 7) is 2.15. The summed E-state index contributed by atoms with van der Waals surface area (Å²) in [7, 11) is 4.79. The summed E-state index contributed by atoms with van der Waals surface area (Å²) in [5, 5.41) is 3.92. The quantitative estimate of drug-likeness (QED) is 0.356. The zero-order valence-electron chi connectivity index (χ0n) is 20.3. The third kappa shape index (κ3) is 5.78. The minimum Gasteiger partial charge on any atom is -0.497 e. The SMILES string of the molecule is COc1ccc(OC)c(COc2ccc(/C=C3\SC(=Nc4cccc(Cl)c4C)NC3=O)cc2OC)c1. The number of halogens is 1. The van der Waals surface area contributed by atoms with Gasteiger partial charge in [0.05, 0.1) is 31.9 Å². The lowest BCUT2D eigenvalue weighted by Crippen LogP contribution is -2.19. The number of thioether (sulfide) groups is 1. The second-order valence-electron chi connectivity index (χ2n) is 7.74. The van der Waals surface area contributed by atoms with Crippen LogP contribution in [0.2, 0.25) is 5.02 Å². The van der Waals surface area contributed by atoms with Gasteiger partial charge in [0.15, 0.2) is 16.7 Å². The number of ether oxygens (including phenoxy) is 4. The standard InChI is InChI=1S/C27H25ClN2O5S/c1-16-20(28)6-5-7-21(16)29-27-30-26(31)25(36-27)13-17-8-10-23(24(12-17)34-4)35-15-18-14-19(32-2)9-11-22(18)33-3/h5-14H,15H2,1-4H3,(H,29,30,31)/b25-13-. The second-order valence-corrected chi connectivity index (χ2v) is 9.18. The molecule has 1 aliphatic rings. The van der Waals surface area contributed by atoms with E-state index < -0.39 is 0 Å². The highest BCUT2D eigenvalue weighted by Gasteiger charge is 2.24. The van der Waals surface area contributed by atoms with Crippen molar-refractivity contribution in [1.82, 2.24) is 5.32 Å². The van der Waals surface area contributed by atoms with Gasteiger partial charge >= 0.3 is 0 Å². The summed E-state index contributed by atoms with van der Waals surface area (Å²) in [4.78, 5) is 17.6. The monoisotopic (exact) mass is 524 g/mol. The van der Waals surface area contributed by atoms with E-state index in [1.165, 1.54) is 11.8 Å². The average Bonchev–Trinajstić information content (AvgIpc) is 3.23. The van der Waals surface area contributed by atoms with Gasteiger partial charge < -0.3 is 24.3 Å². The number of nitrogens with zero attached hydrogens (tertiary/aromatic N) is 1. The highest BCUT2D eigenvalue weighted by atomic mass is 35.5. The van der Waals surface area contributed by atoms with E-state index in [4.69, 9.17) is 30.5 Å². The van der Waals surface area contributed by atoms with Gasteiger partial charge in [-0.05, 0) is 78.4 Å². The Balaban J connectivity index is 1.51. The predicted molar refractivity (Wildman–Crippen MR) is 144 cm³/mol. The first-order valence-corrected chi connectivity index (χ1v) is 12.2. The molecule has 1 fully saturated rings. The molecule has 36 heavy (non-hydrogen) atoms. The molecule has 0 atom stereocenters. The number of methoxy groups -OCH3 is 3. The van der Waals surface area contributed by atoms with E-state index >= 15 is 0 Å². The van der Waals surface area contributed by atoms with Crippen molar-refractivity contribution >= 4 is 46.2 Å². The number of carbonyl (C=O) groups is 1. The van der Waals surface area contributed by atoms with Crippen LogP contribution in [-0.2, 0) is 11.4 Å². The Kier molecular flexibility index (Phi) is 8.07. The van der Waals surface area contributed by atoms with Crippen LogP contribution >= 0.6 is 23.4 Å². The van der Waals surface area contributed by atoms with Gasteiger partial charge in [-0.2, -0.15) is 0 Å². The maximum Gasteiger partial charge on any atom is 0.264 e. The minimum atomic E-state index is -0.220. The van der Waals surface area contributed by atoms with Gasteiger partial charge in [0, 0.05) is 10.6 Å². The molecule has 0 radical (unpaired) electrons. The summed E-state index contributed by atoms with van der Waals surface area (Å²) in [5.74, 6) is 2.29. The number of nitrogens with one attached hydrogen (secondary N) is 1. The van der Waals surface area contributed by atoms with E-state index in [1.54, 1.807) is 39.5 Å². The number of hydrogen-bond donors (Lipinski definition) is 1. The smallest absolute Gasteiger partial charge is 0.264 e. The molecule has 7 nitrogen and oxygen atoms in total. The summed E-state index contributed by atoms with van der Waals surface area (Å²) in [6, 6.07) is 16.5. The molecule has 0 unspecified atom stereocenters. The maximum absolute atomic E-state index is 12.5. The highest BCUT2D eigenvalue weighted by molar-refractivity contribution is 8.18. The molecule has 1 amide bonds. The third-order valence-electron chi connectivity index (χ3n) is 5.47. The first-order valence-electron chi connectivity index (χ1n) is 11.0. The Bertz CT molecular complexity index is 1360. The number of rotatable bonds is 8. The maximum atomic E-state index is 12.5. The number of benzene rings is 3. The third-order valence-corrected chi connectivity index (χ3v) is 6.79. The Morgan fingerprint density at radius 2 is 1.75 bits per heavy atom. The molecule has 9 heteroatoms. The molecule has 0 aliphatic carbocycles. The van der Waals surface area contributed by atoms with Gasteiger partial charge in [0.2, 0.25) is 0 Å². The van der Waals surface area contributed by atoms with Crippen molar-refractivity contribution in [2.45, 2.75) is 13.5 Å². The van der Waals surface area contributed by atoms with Gasteiger partial charge in [-0.3, -0.25) is 4.79 Å². The Hall–Kier alpha value is -3.62. The van der Waals surface area contributed by atoms with Crippen molar-refractivity contribution in [3.05, 3.63) is 81.2 Å². The van der Waals surface area contributed by atoms with Crippen molar-refractivity contribution in [3.8, 4) is 23.0 Å². The first-order chi connectivity index (χ1) is 17.4. The number of aliphatic imine (C=N–C) groups is 1. The van der Waals surface area contributed by atoms with Crippen LogP contribution in [-0.4, -0.2) is 32.4 Å². The molecule has 0 spiro atoms. The van der Waals surface area contributed by atoms with Crippen molar-refractivity contribution < 1.29 is 23.7 Å². The molecule has 3 aromatic rings. The predicted octanol–water partition coefficient (Wildman–Crippen LogP) is 6.14. The molecule has 0 bridgehead atoms. The number of amides is 1. The Labute approximate surface area is 219 Å². The van der Waals surface area contributed by atoms with E-state index in [0.29, 0.717) is 43.8 Å².